The Morgan fingerprint density at radius 3 is 2.23 bits per heavy atom. The molecule has 0 aliphatic heterocycles. The molecular weight excluding hydrogens is 272 g/mol. The van der Waals surface area contributed by atoms with Crippen molar-refractivity contribution in [2.75, 3.05) is 6.54 Å². The van der Waals surface area contributed by atoms with E-state index in [9.17, 15) is 0 Å². The van der Waals surface area contributed by atoms with Crippen LogP contribution in [0.4, 0.5) is 0 Å². The van der Waals surface area contributed by atoms with Crippen LogP contribution >= 0.6 is 0 Å². The van der Waals surface area contributed by atoms with Gasteiger partial charge < -0.3 is 16.2 Å². The number of hydrogen-bond acceptors (Lipinski definition) is 3. The van der Waals surface area contributed by atoms with Crippen molar-refractivity contribution < 1.29 is 4.74 Å². The summed E-state index contributed by atoms with van der Waals surface area (Å²) in [5, 5.41) is 2.17. The van der Waals surface area contributed by atoms with Crippen LogP contribution in [-0.2, 0) is 6.61 Å². The van der Waals surface area contributed by atoms with Crippen LogP contribution in [0.2, 0.25) is 0 Å². The number of ether oxygens (including phenoxy) is 1. The summed E-state index contributed by atoms with van der Waals surface area (Å²) in [7, 11) is 0. The van der Waals surface area contributed by atoms with Crippen molar-refractivity contribution in [2.24, 2.45) is 11.5 Å². The highest BCUT2D eigenvalue weighted by atomic mass is 16.5. The smallest absolute Gasteiger partial charge is 0.127 e. The Morgan fingerprint density at radius 2 is 1.50 bits per heavy atom. The van der Waals surface area contributed by atoms with Gasteiger partial charge >= 0.3 is 0 Å². The lowest BCUT2D eigenvalue weighted by atomic mass is 9.98. The fraction of sp³-hybridized carbons (Fsp3) is 0.158. The predicted octanol–water partition coefficient (Wildman–Crippen LogP) is 3.38. The maximum Gasteiger partial charge on any atom is 0.127 e. The molecule has 3 aromatic carbocycles. The largest absolute Gasteiger partial charge is 0.488 e. The van der Waals surface area contributed by atoms with Gasteiger partial charge in [-0.3, -0.25) is 0 Å². The molecule has 0 amide bonds. The third kappa shape index (κ3) is 2.96. The van der Waals surface area contributed by atoms with Crippen molar-refractivity contribution in [1.29, 1.82) is 0 Å². The van der Waals surface area contributed by atoms with Gasteiger partial charge in [-0.2, -0.15) is 0 Å². The van der Waals surface area contributed by atoms with E-state index in [1.165, 1.54) is 0 Å². The molecule has 0 aliphatic rings. The molecule has 1 unspecified atom stereocenters. The second-order valence-electron chi connectivity index (χ2n) is 5.31. The summed E-state index contributed by atoms with van der Waals surface area (Å²) in [6.45, 7) is 0.974. The van der Waals surface area contributed by atoms with Crippen LogP contribution in [0, 0.1) is 0 Å². The zero-order valence-corrected chi connectivity index (χ0v) is 12.4. The standard InChI is InChI=1S/C19H20N2O/c20-12-18(21)16-10-11-19(17-9-5-4-8-15(16)17)22-13-14-6-2-1-3-7-14/h1-11,18H,12-13,20-21H2. The van der Waals surface area contributed by atoms with E-state index in [0.29, 0.717) is 13.2 Å². The Labute approximate surface area is 130 Å². The quantitative estimate of drug-likeness (QED) is 0.758. The van der Waals surface area contributed by atoms with Gasteiger partial charge in [0, 0.05) is 18.0 Å². The van der Waals surface area contributed by atoms with E-state index >= 15 is 0 Å². The Hall–Kier alpha value is -2.36. The normalized spacial score (nSPS) is 12.3. The van der Waals surface area contributed by atoms with Crippen molar-refractivity contribution in [3.8, 4) is 5.75 Å². The summed E-state index contributed by atoms with van der Waals surface area (Å²) >= 11 is 0. The summed E-state index contributed by atoms with van der Waals surface area (Å²) in [6.07, 6.45) is 0. The molecule has 1 atom stereocenters. The molecule has 3 rings (SSSR count). The maximum atomic E-state index is 6.11. The van der Waals surface area contributed by atoms with Crippen LogP contribution in [0.15, 0.2) is 66.7 Å². The summed E-state index contributed by atoms with van der Waals surface area (Å²) in [6, 6.07) is 22.1. The summed E-state index contributed by atoms with van der Waals surface area (Å²) < 4.78 is 6.00. The van der Waals surface area contributed by atoms with Gasteiger partial charge in [-0.25, -0.2) is 0 Å². The molecule has 0 radical (unpaired) electrons. The van der Waals surface area contributed by atoms with Gasteiger partial charge in [0.1, 0.15) is 12.4 Å². The monoisotopic (exact) mass is 292 g/mol. The van der Waals surface area contributed by atoms with Gasteiger partial charge in [0.15, 0.2) is 0 Å². The zero-order valence-electron chi connectivity index (χ0n) is 12.4. The molecule has 0 spiro atoms. The molecule has 0 heterocycles. The van der Waals surface area contributed by atoms with Crippen LogP contribution in [0.1, 0.15) is 17.2 Å². The molecule has 0 saturated heterocycles. The fourth-order valence-corrected chi connectivity index (χ4v) is 2.61. The van der Waals surface area contributed by atoms with Crippen molar-refractivity contribution >= 4 is 10.8 Å². The minimum absolute atomic E-state index is 0.159. The van der Waals surface area contributed by atoms with Crippen LogP contribution in [0.25, 0.3) is 10.8 Å². The lowest BCUT2D eigenvalue weighted by molar-refractivity contribution is 0.310. The highest BCUT2D eigenvalue weighted by Gasteiger charge is 2.11. The van der Waals surface area contributed by atoms with E-state index in [4.69, 9.17) is 16.2 Å². The first-order chi connectivity index (χ1) is 10.8. The lowest BCUT2D eigenvalue weighted by Gasteiger charge is -2.16. The van der Waals surface area contributed by atoms with Crippen LogP contribution in [0.5, 0.6) is 5.75 Å². The number of fused-ring (bicyclic) bond motifs is 1. The Morgan fingerprint density at radius 1 is 0.818 bits per heavy atom. The molecule has 0 bridgehead atoms. The SMILES string of the molecule is NCC(N)c1ccc(OCc2ccccc2)c2ccccc12. The van der Waals surface area contributed by atoms with Crippen LogP contribution in [0.3, 0.4) is 0 Å². The Balaban J connectivity index is 1.94. The number of nitrogens with two attached hydrogens (primary N) is 2. The van der Waals surface area contributed by atoms with Crippen molar-refractivity contribution in [3.05, 3.63) is 77.9 Å². The third-order valence-electron chi connectivity index (χ3n) is 3.81. The second kappa shape index (κ2) is 6.60. The van der Waals surface area contributed by atoms with Gasteiger partial charge in [-0.05, 0) is 22.6 Å². The molecule has 4 N–H and O–H groups in total. The highest BCUT2D eigenvalue weighted by molar-refractivity contribution is 5.91. The summed E-state index contributed by atoms with van der Waals surface area (Å²) in [5.74, 6) is 0.868. The average Bonchev–Trinajstić information content (AvgIpc) is 2.60. The zero-order chi connectivity index (χ0) is 15.4. The first kappa shape index (κ1) is 14.6. The molecule has 3 nitrogen and oxygen atoms in total. The van der Waals surface area contributed by atoms with E-state index < -0.39 is 0 Å². The van der Waals surface area contributed by atoms with Gasteiger partial charge in [0.25, 0.3) is 0 Å². The lowest BCUT2D eigenvalue weighted by Crippen LogP contribution is -2.21. The van der Waals surface area contributed by atoms with Crippen molar-refractivity contribution in [1.82, 2.24) is 0 Å². The average molecular weight is 292 g/mol. The number of rotatable bonds is 5. The van der Waals surface area contributed by atoms with Crippen LogP contribution in [-0.4, -0.2) is 6.54 Å². The molecule has 22 heavy (non-hydrogen) atoms. The second-order valence-corrected chi connectivity index (χ2v) is 5.31. The van der Waals surface area contributed by atoms with Crippen LogP contribution < -0.4 is 16.2 Å². The van der Waals surface area contributed by atoms with Gasteiger partial charge in [0.2, 0.25) is 0 Å². The molecule has 3 heteroatoms. The topological polar surface area (TPSA) is 61.3 Å². The van der Waals surface area contributed by atoms with E-state index in [1.807, 2.05) is 42.5 Å². The maximum absolute atomic E-state index is 6.11. The molecule has 0 aliphatic carbocycles. The van der Waals surface area contributed by atoms with Gasteiger partial charge in [0.05, 0.1) is 0 Å². The summed E-state index contributed by atoms with van der Waals surface area (Å²) in [5.41, 5.74) is 14.0. The first-order valence-electron chi connectivity index (χ1n) is 7.43. The van der Waals surface area contributed by atoms with E-state index in [-0.39, 0.29) is 6.04 Å². The molecular formula is C19H20N2O. The van der Waals surface area contributed by atoms with E-state index in [2.05, 4.69) is 24.3 Å². The molecule has 0 aromatic heterocycles. The minimum Gasteiger partial charge on any atom is -0.488 e. The number of hydrogen-bond donors (Lipinski definition) is 2. The third-order valence-corrected chi connectivity index (χ3v) is 3.81. The molecule has 3 aromatic rings. The molecule has 112 valence electrons. The van der Waals surface area contributed by atoms with Gasteiger partial charge in [-0.15, -0.1) is 0 Å². The first-order valence-corrected chi connectivity index (χ1v) is 7.43. The van der Waals surface area contributed by atoms with E-state index in [0.717, 1.165) is 27.6 Å². The minimum atomic E-state index is -0.159. The fourth-order valence-electron chi connectivity index (χ4n) is 2.61. The highest BCUT2D eigenvalue weighted by Crippen LogP contribution is 2.31. The van der Waals surface area contributed by atoms with Gasteiger partial charge in [-0.1, -0.05) is 60.7 Å². The van der Waals surface area contributed by atoms with E-state index in [1.54, 1.807) is 0 Å². The number of benzene rings is 3. The van der Waals surface area contributed by atoms with Crippen molar-refractivity contribution in [3.63, 3.8) is 0 Å². The predicted molar refractivity (Wildman–Crippen MR) is 90.7 cm³/mol. The molecule has 0 saturated carbocycles. The summed E-state index contributed by atoms with van der Waals surface area (Å²) in [4.78, 5) is 0. The Bertz CT molecular complexity index is 756. The van der Waals surface area contributed by atoms with Crippen molar-refractivity contribution in [2.45, 2.75) is 12.6 Å². The molecule has 0 fully saturated rings. The Kier molecular flexibility index (Phi) is 4.37.